The molecule has 0 radical (unpaired) electrons. The third-order valence-electron chi connectivity index (χ3n) is 3.31. The maximum Gasteiger partial charge on any atom is 0.154 e. The Balaban J connectivity index is 2.26. The van der Waals surface area contributed by atoms with Crippen LogP contribution in [0.3, 0.4) is 0 Å². The van der Waals surface area contributed by atoms with E-state index in [1.54, 1.807) is 0 Å². The minimum absolute atomic E-state index is 0.243. The number of nitrogens with two attached hydrogens (primary N) is 1. The van der Waals surface area contributed by atoms with Crippen molar-refractivity contribution in [2.75, 3.05) is 5.32 Å². The van der Waals surface area contributed by atoms with Gasteiger partial charge in [0.05, 0.1) is 23.3 Å². The zero-order chi connectivity index (χ0) is 14.3. The fraction of sp³-hybridized carbons (Fsp3) is 0.143. The van der Waals surface area contributed by atoms with Gasteiger partial charge in [0.25, 0.3) is 0 Å². The zero-order valence-corrected chi connectivity index (χ0v) is 12.3. The normalized spacial score (nSPS) is 17.4. The van der Waals surface area contributed by atoms with Crippen molar-refractivity contribution in [3.8, 4) is 6.07 Å². The molecule has 3 rings (SSSR count). The molecule has 1 aromatic carbocycles. The van der Waals surface area contributed by atoms with Crippen molar-refractivity contribution in [2.45, 2.75) is 12.8 Å². The summed E-state index contributed by atoms with van der Waals surface area (Å²) < 4.78 is 0.936. The number of H-pyrrole nitrogens is 1. The van der Waals surface area contributed by atoms with Crippen LogP contribution in [0.4, 0.5) is 5.82 Å². The quantitative estimate of drug-likeness (QED) is 0.750. The van der Waals surface area contributed by atoms with E-state index in [9.17, 15) is 5.26 Å². The van der Waals surface area contributed by atoms with Gasteiger partial charge in [0.2, 0.25) is 0 Å². The standard InChI is InChI=1S/C14H12BrN5/c1-7-18-12-11(8-4-2-3-5-10(8)15)9(6-16)13(17)20-14(12)19-7/h2-5,11,20H,17H2,1H3,(H,18,19). The summed E-state index contributed by atoms with van der Waals surface area (Å²) in [6, 6.07) is 10.0. The number of aromatic amines is 1. The number of aromatic nitrogens is 2. The summed E-state index contributed by atoms with van der Waals surface area (Å²) in [6.45, 7) is 1.87. The topological polar surface area (TPSA) is 90.5 Å². The smallest absolute Gasteiger partial charge is 0.154 e. The van der Waals surface area contributed by atoms with Crippen molar-refractivity contribution in [3.63, 3.8) is 0 Å². The van der Waals surface area contributed by atoms with Crippen molar-refractivity contribution in [2.24, 2.45) is 5.73 Å². The number of rotatable bonds is 1. The Morgan fingerprint density at radius 2 is 2.15 bits per heavy atom. The molecule has 0 fully saturated rings. The molecule has 100 valence electrons. The van der Waals surface area contributed by atoms with Crippen LogP contribution >= 0.6 is 15.9 Å². The van der Waals surface area contributed by atoms with Crippen molar-refractivity contribution >= 4 is 21.7 Å². The minimum atomic E-state index is -0.243. The number of hydrogen-bond donors (Lipinski definition) is 3. The van der Waals surface area contributed by atoms with Gasteiger partial charge in [-0.2, -0.15) is 5.26 Å². The molecule has 0 saturated carbocycles. The average molecular weight is 330 g/mol. The zero-order valence-electron chi connectivity index (χ0n) is 10.7. The van der Waals surface area contributed by atoms with E-state index in [0.29, 0.717) is 17.2 Å². The van der Waals surface area contributed by atoms with Crippen LogP contribution in [0.2, 0.25) is 0 Å². The summed E-state index contributed by atoms with van der Waals surface area (Å²) in [4.78, 5) is 7.59. The molecule has 1 unspecified atom stereocenters. The van der Waals surface area contributed by atoms with Crippen LogP contribution in [0.1, 0.15) is 23.0 Å². The second-order valence-corrected chi connectivity index (χ2v) is 5.46. The Morgan fingerprint density at radius 3 is 2.85 bits per heavy atom. The number of aryl methyl sites for hydroxylation is 1. The second kappa shape index (κ2) is 4.69. The van der Waals surface area contributed by atoms with Gasteiger partial charge in [-0.25, -0.2) is 4.98 Å². The number of benzene rings is 1. The predicted molar refractivity (Wildman–Crippen MR) is 79.8 cm³/mol. The van der Waals surface area contributed by atoms with E-state index in [1.807, 2.05) is 31.2 Å². The molecule has 1 aromatic heterocycles. The molecule has 4 N–H and O–H groups in total. The Morgan fingerprint density at radius 1 is 1.40 bits per heavy atom. The van der Waals surface area contributed by atoms with Gasteiger partial charge >= 0.3 is 0 Å². The van der Waals surface area contributed by atoms with Crippen LogP contribution in [0.5, 0.6) is 0 Å². The van der Waals surface area contributed by atoms with Crippen LogP contribution in [0, 0.1) is 18.3 Å². The molecule has 1 aliphatic heterocycles. The molecule has 2 heterocycles. The van der Waals surface area contributed by atoms with Gasteiger partial charge in [-0.15, -0.1) is 0 Å². The van der Waals surface area contributed by atoms with Gasteiger partial charge < -0.3 is 16.0 Å². The summed E-state index contributed by atoms with van der Waals surface area (Å²) >= 11 is 3.54. The van der Waals surface area contributed by atoms with E-state index in [0.717, 1.165) is 21.6 Å². The predicted octanol–water partition coefficient (Wildman–Crippen LogP) is 2.73. The minimum Gasteiger partial charge on any atom is -0.384 e. The molecule has 0 saturated heterocycles. The highest BCUT2D eigenvalue weighted by Gasteiger charge is 2.32. The largest absolute Gasteiger partial charge is 0.384 e. The fourth-order valence-corrected chi connectivity index (χ4v) is 2.97. The van der Waals surface area contributed by atoms with Crippen molar-refractivity contribution in [1.82, 2.24) is 9.97 Å². The van der Waals surface area contributed by atoms with E-state index < -0.39 is 0 Å². The number of allylic oxidation sites excluding steroid dienone is 1. The molecule has 1 atom stereocenters. The monoisotopic (exact) mass is 329 g/mol. The summed E-state index contributed by atoms with van der Waals surface area (Å²) in [5, 5.41) is 12.4. The Hall–Kier alpha value is -2.26. The van der Waals surface area contributed by atoms with Crippen molar-refractivity contribution in [1.29, 1.82) is 5.26 Å². The van der Waals surface area contributed by atoms with E-state index in [4.69, 9.17) is 5.73 Å². The van der Waals surface area contributed by atoms with Crippen LogP contribution < -0.4 is 11.1 Å². The molecule has 1 aliphatic rings. The highest BCUT2D eigenvalue weighted by molar-refractivity contribution is 9.10. The van der Waals surface area contributed by atoms with Gasteiger partial charge in [-0.3, -0.25) is 0 Å². The van der Waals surface area contributed by atoms with Crippen molar-refractivity contribution in [3.05, 3.63) is 57.2 Å². The Bertz CT molecular complexity index is 753. The Labute approximate surface area is 124 Å². The number of halogens is 1. The summed E-state index contributed by atoms with van der Waals surface area (Å²) in [5.74, 6) is 1.58. The molecule has 0 amide bonds. The van der Waals surface area contributed by atoms with Crippen LogP contribution in [0.25, 0.3) is 0 Å². The maximum absolute atomic E-state index is 9.44. The molecule has 20 heavy (non-hydrogen) atoms. The first-order chi connectivity index (χ1) is 9.61. The number of anilines is 1. The lowest BCUT2D eigenvalue weighted by molar-refractivity contribution is 0.888. The van der Waals surface area contributed by atoms with Gasteiger partial charge in [0, 0.05) is 4.47 Å². The van der Waals surface area contributed by atoms with Crippen LogP contribution in [0.15, 0.2) is 40.1 Å². The van der Waals surface area contributed by atoms with Crippen LogP contribution in [-0.2, 0) is 0 Å². The second-order valence-electron chi connectivity index (χ2n) is 4.60. The average Bonchev–Trinajstić information content (AvgIpc) is 2.78. The molecule has 6 heteroatoms. The molecular formula is C14H12BrN5. The summed E-state index contributed by atoms with van der Waals surface area (Å²) in [7, 11) is 0. The lowest BCUT2D eigenvalue weighted by atomic mass is 9.87. The van der Waals surface area contributed by atoms with Gasteiger partial charge in [-0.05, 0) is 18.6 Å². The van der Waals surface area contributed by atoms with E-state index >= 15 is 0 Å². The molecule has 0 spiro atoms. The SMILES string of the molecule is Cc1nc2c([nH]1)C(c1ccccc1Br)C(C#N)=C(N)N2. The summed E-state index contributed by atoms with van der Waals surface area (Å²) in [6.07, 6.45) is 0. The highest BCUT2D eigenvalue weighted by Crippen LogP contribution is 2.41. The summed E-state index contributed by atoms with van der Waals surface area (Å²) in [5.41, 5.74) is 8.31. The third kappa shape index (κ3) is 1.87. The first-order valence-electron chi connectivity index (χ1n) is 6.09. The van der Waals surface area contributed by atoms with Crippen LogP contribution in [-0.4, -0.2) is 9.97 Å². The lowest BCUT2D eigenvalue weighted by Crippen LogP contribution is -2.23. The molecule has 2 aromatic rings. The number of nitrogens with zero attached hydrogens (tertiary/aromatic N) is 2. The van der Waals surface area contributed by atoms with Gasteiger partial charge in [0.15, 0.2) is 5.82 Å². The lowest BCUT2D eigenvalue weighted by Gasteiger charge is -2.24. The number of nitrogens with one attached hydrogen (secondary N) is 2. The number of hydrogen-bond acceptors (Lipinski definition) is 4. The number of fused-ring (bicyclic) bond motifs is 1. The van der Waals surface area contributed by atoms with E-state index in [2.05, 4.69) is 37.3 Å². The molecule has 5 nitrogen and oxygen atoms in total. The van der Waals surface area contributed by atoms with E-state index in [1.165, 1.54) is 0 Å². The fourth-order valence-electron chi connectivity index (χ4n) is 2.45. The van der Waals surface area contributed by atoms with Gasteiger partial charge in [0.1, 0.15) is 11.6 Å². The molecule has 0 bridgehead atoms. The highest BCUT2D eigenvalue weighted by atomic mass is 79.9. The van der Waals surface area contributed by atoms with Gasteiger partial charge in [-0.1, -0.05) is 34.1 Å². The number of nitriles is 1. The molecular weight excluding hydrogens is 318 g/mol. The first-order valence-corrected chi connectivity index (χ1v) is 6.88. The number of imidazole rings is 1. The van der Waals surface area contributed by atoms with Crippen molar-refractivity contribution < 1.29 is 0 Å². The molecule has 0 aliphatic carbocycles. The first kappa shape index (κ1) is 12.8. The maximum atomic E-state index is 9.44. The third-order valence-corrected chi connectivity index (χ3v) is 4.03. The Kier molecular flexibility index (Phi) is 2.99. The van der Waals surface area contributed by atoms with E-state index in [-0.39, 0.29) is 5.92 Å².